The lowest BCUT2D eigenvalue weighted by atomic mass is 10.0. The van der Waals surface area contributed by atoms with Crippen LogP contribution in [0.25, 0.3) is 33.2 Å². The number of piperidine rings is 1. The van der Waals surface area contributed by atoms with Gasteiger partial charge in [0.15, 0.2) is 5.65 Å². The molecule has 0 saturated carbocycles. The van der Waals surface area contributed by atoms with Gasteiger partial charge in [0, 0.05) is 54.3 Å². The molecule has 1 N–H and O–H groups in total. The molecule has 31 heavy (non-hydrogen) atoms. The Labute approximate surface area is 181 Å². The summed E-state index contributed by atoms with van der Waals surface area (Å²) in [5.74, 6) is 0.221. The van der Waals surface area contributed by atoms with Gasteiger partial charge in [-0.2, -0.15) is 5.10 Å². The van der Waals surface area contributed by atoms with Gasteiger partial charge in [-0.15, -0.1) is 0 Å². The fourth-order valence-electron chi connectivity index (χ4n) is 4.60. The quantitative estimate of drug-likeness (QED) is 0.549. The minimum atomic E-state index is 0.221. The van der Waals surface area contributed by atoms with Gasteiger partial charge in [0.05, 0.1) is 23.1 Å². The molecule has 5 rings (SSSR count). The highest BCUT2D eigenvalue weighted by molar-refractivity contribution is 5.91. The Morgan fingerprint density at radius 2 is 1.87 bits per heavy atom. The number of aromatic hydroxyl groups is 1. The number of phenols is 1. The maximum atomic E-state index is 10.8. The molecule has 1 aliphatic heterocycles. The normalized spacial score (nSPS) is 15.5. The van der Waals surface area contributed by atoms with Crippen LogP contribution >= 0.6 is 0 Å². The van der Waals surface area contributed by atoms with Crippen molar-refractivity contribution in [2.24, 2.45) is 7.05 Å². The van der Waals surface area contributed by atoms with Crippen LogP contribution in [0.3, 0.4) is 0 Å². The number of hydrogen-bond acceptors (Lipinski definition) is 6. The van der Waals surface area contributed by atoms with Crippen LogP contribution in [-0.4, -0.2) is 63.0 Å². The first-order chi connectivity index (χ1) is 14.9. The van der Waals surface area contributed by atoms with Crippen molar-refractivity contribution in [2.75, 3.05) is 32.1 Å². The molecule has 4 heterocycles. The van der Waals surface area contributed by atoms with Gasteiger partial charge in [-0.3, -0.25) is 4.68 Å². The van der Waals surface area contributed by atoms with Gasteiger partial charge in [0.2, 0.25) is 0 Å². The van der Waals surface area contributed by atoms with Crippen molar-refractivity contribution in [2.45, 2.75) is 25.8 Å². The number of anilines is 1. The Kier molecular flexibility index (Phi) is 4.78. The molecule has 0 bridgehead atoms. The monoisotopic (exact) mass is 416 g/mol. The molecule has 0 aliphatic carbocycles. The van der Waals surface area contributed by atoms with Crippen LogP contribution in [0.5, 0.6) is 5.75 Å². The smallest absolute Gasteiger partial charge is 0.159 e. The van der Waals surface area contributed by atoms with E-state index in [1.165, 1.54) is 0 Å². The van der Waals surface area contributed by atoms with Gasteiger partial charge in [0.1, 0.15) is 5.75 Å². The number of nitrogens with zero attached hydrogens (tertiary/aromatic N) is 6. The molecule has 1 saturated heterocycles. The van der Waals surface area contributed by atoms with Crippen molar-refractivity contribution in [3.8, 4) is 17.0 Å². The Morgan fingerprint density at radius 3 is 2.61 bits per heavy atom. The number of fused-ring (bicyclic) bond motifs is 2. The largest absolute Gasteiger partial charge is 0.507 e. The summed E-state index contributed by atoms with van der Waals surface area (Å²) in [4.78, 5) is 14.1. The fraction of sp³-hybridized carbons (Fsp3) is 0.375. The minimum Gasteiger partial charge on any atom is -0.507 e. The number of pyridine rings is 2. The van der Waals surface area contributed by atoms with Gasteiger partial charge in [-0.05, 0) is 58.1 Å². The van der Waals surface area contributed by atoms with Crippen molar-refractivity contribution < 1.29 is 5.11 Å². The maximum absolute atomic E-state index is 10.8. The minimum absolute atomic E-state index is 0.221. The van der Waals surface area contributed by atoms with Crippen molar-refractivity contribution in [3.63, 3.8) is 0 Å². The maximum Gasteiger partial charge on any atom is 0.159 e. The van der Waals surface area contributed by atoms with E-state index in [4.69, 9.17) is 4.98 Å². The molecular formula is C24H28N6O. The zero-order chi connectivity index (χ0) is 21.7. The Bertz CT molecular complexity index is 1270. The second-order valence-electron chi connectivity index (χ2n) is 8.76. The average molecular weight is 417 g/mol. The molecule has 4 aromatic rings. The Morgan fingerprint density at radius 1 is 1.10 bits per heavy atom. The van der Waals surface area contributed by atoms with Gasteiger partial charge in [-0.25, -0.2) is 9.97 Å². The average Bonchev–Trinajstić information content (AvgIpc) is 3.16. The second-order valence-corrected chi connectivity index (χ2v) is 8.76. The van der Waals surface area contributed by atoms with E-state index in [1.54, 1.807) is 4.68 Å². The van der Waals surface area contributed by atoms with Crippen LogP contribution in [0.1, 0.15) is 18.4 Å². The first-order valence-corrected chi connectivity index (χ1v) is 10.7. The Hall–Kier alpha value is -3.19. The molecule has 7 heteroatoms. The van der Waals surface area contributed by atoms with Crippen LogP contribution < -0.4 is 4.90 Å². The predicted octanol–water partition coefficient (Wildman–Crippen LogP) is 3.73. The lowest BCUT2D eigenvalue weighted by molar-refractivity contribution is 0.249. The van der Waals surface area contributed by atoms with Crippen molar-refractivity contribution in [1.82, 2.24) is 24.6 Å². The van der Waals surface area contributed by atoms with Gasteiger partial charge in [0.25, 0.3) is 0 Å². The summed E-state index contributed by atoms with van der Waals surface area (Å²) in [6.07, 6.45) is 6.20. The van der Waals surface area contributed by atoms with Crippen molar-refractivity contribution in [1.29, 1.82) is 0 Å². The van der Waals surface area contributed by atoms with Gasteiger partial charge >= 0.3 is 0 Å². The zero-order valence-electron chi connectivity index (χ0n) is 18.5. The molecule has 7 nitrogen and oxygen atoms in total. The summed E-state index contributed by atoms with van der Waals surface area (Å²) >= 11 is 0. The predicted molar refractivity (Wildman–Crippen MR) is 125 cm³/mol. The van der Waals surface area contributed by atoms with E-state index in [1.807, 2.05) is 44.6 Å². The zero-order valence-corrected chi connectivity index (χ0v) is 18.5. The number of benzene rings is 1. The van der Waals surface area contributed by atoms with Gasteiger partial charge < -0.3 is 14.9 Å². The summed E-state index contributed by atoms with van der Waals surface area (Å²) in [6, 6.07) is 8.78. The van der Waals surface area contributed by atoms with Crippen molar-refractivity contribution in [3.05, 3.63) is 42.2 Å². The molecule has 3 aromatic heterocycles. The summed E-state index contributed by atoms with van der Waals surface area (Å²) in [7, 11) is 6.20. The third-order valence-corrected chi connectivity index (χ3v) is 6.49. The van der Waals surface area contributed by atoms with Crippen LogP contribution in [0.4, 0.5) is 5.69 Å². The van der Waals surface area contributed by atoms with Crippen LogP contribution in [-0.2, 0) is 7.05 Å². The van der Waals surface area contributed by atoms with Crippen LogP contribution in [0.2, 0.25) is 0 Å². The molecule has 0 unspecified atom stereocenters. The molecule has 0 atom stereocenters. The standard InChI is InChI=1S/C24H28N6O/c1-15-22-17(14-29(4)27-22)12-20(23(15)31)21-6-5-16-11-19(13-25-24(16)26-21)30-9-7-18(8-10-30)28(2)3/h5-6,11-14,18,31H,7-10H2,1-4H3. The number of rotatable bonds is 3. The van der Waals surface area contributed by atoms with E-state index in [-0.39, 0.29) is 5.75 Å². The first kappa shape index (κ1) is 19.8. The van der Waals surface area contributed by atoms with Crippen molar-refractivity contribution >= 4 is 27.6 Å². The summed E-state index contributed by atoms with van der Waals surface area (Å²) in [5, 5.41) is 17.2. The summed E-state index contributed by atoms with van der Waals surface area (Å²) < 4.78 is 1.76. The number of phenolic OH excluding ortho intramolecular Hbond substituents is 1. The fourth-order valence-corrected chi connectivity index (χ4v) is 4.60. The van der Waals surface area contributed by atoms with E-state index in [2.05, 4.69) is 40.0 Å². The molecule has 1 aliphatic rings. The third-order valence-electron chi connectivity index (χ3n) is 6.49. The van der Waals surface area contributed by atoms with Crippen LogP contribution in [0, 0.1) is 6.92 Å². The van der Waals surface area contributed by atoms with E-state index in [9.17, 15) is 5.11 Å². The molecular weight excluding hydrogens is 388 g/mol. The second kappa shape index (κ2) is 7.50. The summed E-state index contributed by atoms with van der Waals surface area (Å²) in [6.45, 7) is 3.97. The van der Waals surface area contributed by atoms with E-state index < -0.39 is 0 Å². The highest BCUT2D eigenvalue weighted by Gasteiger charge is 2.21. The number of aryl methyl sites for hydroxylation is 2. The van der Waals surface area contributed by atoms with Crippen LogP contribution in [0.15, 0.2) is 36.7 Å². The third kappa shape index (κ3) is 3.49. The first-order valence-electron chi connectivity index (χ1n) is 10.7. The molecule has 1 aromatic carbocycles. The number of aromatic nitrogens is 4. The molecule has 1 fully saturated rings. The van der Waals surface area contributed by atoms with E-state index in [0.29, 0.717) is 22.9 Å². The van der Waals surface area contributed by atoms with E-state index in [0.717, 1.165) is 53.5 Å². The molecule has 160 valence electrons. The molecule has 0 amide bonds. The lowest BCUT2D eigenvalue weighted by Crippen LogP contribution is -2.42. The lowest BCUT2D eigenvalue weighted by Gasteiger charge is -2.36. The topological polar surface area (TPSA) is 70.3 Å². The van der Waals surface area contributed by atoms with E-state index >= 15 is 0 Å². The highest BCUT2D eigenvalue weighted by Crippen LogP contribution is 2.36. The highest BCUT2D eigenvalue weighted by atomic mass is 16.3. The summed E-state index contributed by atoms with van der Waals surface area (Å²) in [5.41, 5.74) is 4.83. The molecule has 0 radical (unpaired) electrons. The SMILES string of the molecule is Cc1c(O)c(-c2ccc3cc(N4CCC(N(C)C)CC4)cnc3n2)cc2cn(C)nc12. The Balaban J connectivity index is 1.47. The number of hydrogen-bond donors (Lipinski definition) is 1. The molecule has 0 spiro atoms. The van der Waals surface area contributed by atoms with Gasteiger partial charge in [-0.1, -0.05) is 0 Å².